The van der Waals surface area contributed by atoms with Gasteiger partial charge in [0.25, 0.3) is 0 Å². The highest BCUT2D eigenvalue weighted by atomic mass is 16.5. The first-order chi connectivity index (χ1) is 9.68. The van der Waals surface area contributed by atoms with Crippen molar-refractivity contribution in [3.05, 3.63) is 29.3 Å². The van der Waals surface area contributed by atoms with E-state index < -0.39 is 0 Å². The molecule has 1 aliphatic carbocycles. The molecule has 1 unspecified atom stereocenters. The third-order valence-electron chi connectivity index (χ3n) is 4.21. The third kappa shape index (κ3) is 4.74. The predicted molar refractivity (Wildman–Crippen MR) is 90.1 cm³/mol. The highest BCUT2D eigenvalue weighted by Gasteiger charge is 2.29. The van der Waals surface area contributed by atoms with E-state index in [2.05, 4.69) is 58.1 Å². The minimum Gasteiger partial charge on any atom is -0.497 e. The second-order valence-corrected chi connectivity index (χ2v) is 8.34. The van der Waals surface area contributed by atoms with Crippen molar-refractivity contribution in [2.75, 3.05) is 7.11 Å². The van der Waals surface area contributed by atoms with E-state index in [-0.39, 0.29) is 5.54 Å². The van der Waals surface area contributed by atoms with Gasteiger partial charge in [-0.1, -0.05) is 26.8 Å². The smallest absolute Gasteiger partial charge is 0.119 e. The van der Waals surface area contributed by atoms with Gasteiger partial charge in [0.1, 0.15) is 5.75 Å². The molecule has 0 radical (unpaired) electrons. The SMILES string of the molecule is COc1ccc2c(c1)CC(NC(C)(C)CC(C)(C)C)CC2. The van der Waals surface area contributed by atoms with Crippen LogP contribution >= 0.6 is 0 Å². The number of nitrogens with one attached hydrogen (secondary N) is 1. The van der Waals surface area contributed by atoms with Crippen molar-refractivity contribution in [2.45, 2.75) is 71.9 Å². The van der Waals surface area contributed by atoms with Gasteiger partial charge in [0.15, 0.2) is 0 Å². The number of hydrogen-bond donors (Lipinski definition) is 1. The van der Waals surface area contributed by atoms with Crippen molar-refractivity contribution in [2.24, 2.45) is 5.41 Å². The van der Waals surface area contributed by atoms with Crippen LogP contribution in [0.1, 0.15) is 58.6 Å². The van der Waals surface area contributed by atoms with Crippen LogP contribution in [-0.2, 0) is 12.8 Å². The summed E-state index contributed by atoms with van der Waals surface area (Å²) < 4.78 is 5.36. The van der Waals surface area contributed by atoms with Crippen LogP contribution < -0.4 is 10.1 Å². The van der Waals surface area contributed by atoms with E-state index in [9.17, 15) is 0 Å². The summed E-state index contributed by atoms with van der Waals surface area (Å²) >= 11 is 0. The molecule has 2 rings (SSSR count). The van der Waals surface area contributed by atoms with E-state index in [0.717, 1.165) is 12.2 Å². The van der Waals surface area contributed by atoms with Gasteiger partial charge in [-0.2, -0.15) is 0 Å². The predicted octanol–water partition coefficient (Wildman–Crippen LogP) is 4.36. The van der Waals surface area contributed by atoms with E-state index in [1.54, 1.807) is 7.11 Å². The van der Waals surface area contributed by atoms with E-state index in [1.807, 2.05) is 0 Å². The van der Waals surface area contributed by atoms with Gasteiger partial charge in [0.2, 0.25) is 0 Å². The fourth-order valence-electron chi connectivity index (χ4n) is 3.91. The summed E-state index contributed by atoms with van der Waals surface area (Å²) in [7, 11) is 1.74. The Hall–Kier alpha value is -1.02. The van der Waals surface area contributed by atoms with Crippen LogP contribution in [0, 0.1) is 5.41 Å². The van der Waals surface area contributed by atoms with Gasteiger partial charge in [0, 0.05) is 11.6 Å². The largest absolute Gasteiger partial charge is 0.497 e. The minimum absolute atomic E-state index is 0.180. The Morgan fingerprint density at radius 3 is 2.48 bits per heavy atom. The average molecular weight is 289 g/mol. The average Bonchev–Trinajstić information content (AvgIpc) is 2.34. The molecule has 1 aromatic rings. The first-order valence-corrected chi connectivity index (χ1v) is 8.12. The van der Waals surface area contributed by atoms with Gasteiger partial charge in [-0.25, -0.2) is 0 Å². The molecule has 118 valence electrons. The van der Waals surface area contributed by atoms with Gasteiger partial charge in [0.05, 0.1) is 7.11 Å². The number of fused-ring (bicyclic) bond motifs is 1. The van der Waals surface area contributed by atoms with Crippen molar-refractivity contribution in [1.29, 1.82) is 0 Å². The van der Waals surface area contributed by atoms with Crippen molar-refractivity contribution < 1.29 is 4.74 Å². The quantitative estimate of drug-likeness (QED) is 0.889. The number of methoxy groups -OCH3 is 1. The van der Waals surface area contributed by atoms with E-state index in [0.29, 0.717) is 11.5 Å². The molecule has 0 aliphatic heterocycles. The normalized spacial score (nSPS) is 19.2. The van der Waals surface area contributed by atoms with Crippen LogP contribution in [0.5, 0.6) is 5.75 Å². The molecule has 0 bridgehead atoms. The first-order valence-electron chi connectivity index (χ1n) is 8.12. The summed E-state index contributed by atoms with van der Waals surface area (Å²) in [5, 5.41) is 3.89. The van der Waals surface area contributed by atoms with E-state index >= 15 is 0 Å². The van der Waals surface area contributed by atoms with Gasteiger partial charge >= 0.3 is 0 Å². The van der Waals surface area contributed by atoms with Crippen molar-refractivity contribution in [3.8, 4) is 5.75 Å². The molecule has 1 N–H and O–H groups in total. The van der Waals surface area contributed by atoms with Gasteiger partial charge < -0.3 is 10.1 Å². The van der Waals surface area contributed by atoms with Gasteiger partial charge in [-0.15, -0.1) is 0 Å². The molecule has 0 saturated carbocycles. The molecule has 0 spiro atoms. The summed E-state index contributed by atoms with van der Waals surface area (Å²) in [6, 6.07) is 7.09. The molecule has 0 fully saturated rings. The summed E-state index contributed by atoms with van der Waals surface area (Å²) in [6.45, 7) is 11.6. The van der Waals surface area contributed by atoms with Crippen molar-refractivity contribution in [3.63, 3.8) is 0 Å². The van der Waals surface area contributed by atoms with Gasteiger partial charge in [-0.3, -0.25) is 0 Å². The Morgan fingerprint density at radius 2 is 1.86 bits per heavy atom. The summed E-state index contributed by atoms with van der Waals surface area (Å²) in [4.78, 5) is 0. The standard InChI is InChI=1S/C19H31NO/c1-18(2,3)13-19(4,5)20-16-9-7-14-8-10-17(21-6)12-15(14)11-16/h8,10,12,16,20H,7,9,11,13H2,1-6H3. The van der Waals surface area contributed by atoms with Crippen LogP contribution in [0.2, 0.25) is 0 Å². The maximum absolute atomic E-state index is 5.36. The Labute approximate surface area is 130 Å². The van der Waals surface area contributed by atoms with Crippen molar-refractivity contribution in [1.82, 2.24) is 5.32 Å². The first kappa shape index (κ1) is 16.4. The highest BCUT2D eigenvalue weighted by Crippen LogP contribution is 2.30. The number of aryl methyl sites for hydroxylation is 1. The zero-order valence-corrected chi connectivity index (χ0v) is 14.5. The molecule has 0 aromatic heterocycles. The van der Waals surface area contributed by atoms with E-state index in [1.165, 1.54) is 30.4 Å². The summed E-state index contributed by atoms with van der Waals surface area (Å²) in [5.41, 5.74) is 3.47. The zero-order valence-electron chi connectivity index (χ0n) is 14.5. The second kappa shape index (κ2) is 6.00. The van der Waals surface area contributed by atoms with Crippen LogP contribution in [0.25, 0.3) is 0 Å². The molecule has 2 nitrogen and oxygen atoms in total. The molecule has 0 heterocycles. The Balaban J connectivity index is 2.04. The van der Waals surface area contributed by atoms with Gasteiger partial charge in [-0.05, 0) is 68.2 Å². The molecular weight excluding hydrogens is 258 g/mol. The van der Waals surface area contributed by atoms with Crippen LogP contribution in [0.15, 0.2) is 18.2 Å². The minimum atomic E-state index is 0.180. The molecule has 0 amide bonds. The van der Waals surface area contributed by atoms with Crippen molar-refractivity contribution >= 4 is 0 Å². The fraction of sp³-hybridized carbons (Fsp3) is 0.684. The fourth-order valence-corrected chi connectivity index (χ4v) is 3.91. The Kier molecular flexibility index (Phi) is 4.67. The maximum Gasteiger partial charge on any atom is 0.119 e. The monoisotopic (exact) mass is 289 g/mol. The van der Waals surface area contributed by atoms with E-state index in [4.69, 9.17) is 4.74 Å². The molecule has 1 atom stereocenters. The molecule has 21 heavy (non-hydrogen) atoms. The number of hydrogen-bond acceptors (Lipinski definition) is 2. The lowest BCUT2D eigenvalue weighted by atomic mass is 9.80. The molecule has 1 aliphatic rings. The number of ether oxygens (including phenoxy) is 1. The Bertz CT molecular complexity index is 485. The number of benzene rings is 1. The third-order valence-corrected chi connectivity index (χ3v) is 4.21. The topological polar surface area (TPSA) is 21.3 Å². The van der Waals surface area contributed by atoms with Crippen LogP contribution in [-0.4, -0.2) is 18.7 Å². The van der Waals surface area contributed by atoms with Crippen LogP contribution in [0.4, 0.5) is 0 Å². The highest BCUT2D eigenvalue weighted by molar-refractivity contribution is 5.38. The lowest BCUT2D eigenvalue weighted by Crippen LogP contribution is -2.49. The zero-order chi connectivity index (χ0) is 15.7. The van der Waals surface area contributed by atoms with Crippen LogP contribution in [0.3, 0.4) is 0 Å². The maximum atomic E-state index is 5.36. The molecular formula is C19H31NO. The number of rotatable bonds is 4. The summed E-state index contributed by atoms with van der Waals surface area (Å²) in [6.07, 6.45) is 4.69. The molecule has 1 aromatic carbocycles. The lowest BCUT2D eigenvalue weighted by molar-refractivity contribution is 0.215. The molecule has 2 heteroatoms. The summed E-state index contributed by atoms with van der Waals surface area (Å²) in [5.74, 6) is 0.975. The second-order valence-electron chi connectivity index (χ2n) is 8.34. The molecule has 0 saturated heterocycles. The lowest BCUT2D eigenvalue weighted by Gasteiger charge is -2.38. The Morgan fingerprint density at radius 1 is 1.14 bits per heavy atom.